The van der Waals surface area contributed by atoms with Crippen LogP contribution in [0.4, 0.5) is 8.78 Å². The molecule has 1 aliphatic rings. The minimum atomic E-state index is -2.62. The Morgan fingerprint density at radius 1 is 1.21 bits per heavy atom. The third kappa shape index (κ3) is 1.66. The zero-order valence-corrected chi connectivity index (χ0v) is 7.67. The van der Waals surface area contributed by atoms with Crippen molar-refractivity contribution in [2.24, 2.45) is 0 Å². The lowest BCUT2D eigenvalue weighted by Gasteiger charge is -2.35. The Kier molecular flexibility index (Phi) is 2.10. The van der Waals surface area contributed by atoms with Gasteiger partial charge in [-0.25, -0.2) is 8.78 Å². The van der Waals surface area contributed by atoms with Crippen LogP contribution in [0.1, 0.15) is 31.2 Å². The van der Waals surface area contributed by atoms with Gasteiger partial charge in [0.15, 0.2) is 0 Å². The van der Waals surface area contributed by atoms with E-state index in [0.717, 1.165) is 0 Å². The Morgan fingerprint density at radius 3 is 2.36 bits per heavy atom. The molecule has 0 amide bonds. The Hall–Kier alpha value is -0.900. The van der Waals surface area contributed by atoms with Gasteiger partial charge in [0.2, 0.25) is 5.92 Å². The van der Waals surface area contributed by atoms with Crippen molar-refractivity contribution < 1.29 is 18.3 Å². The maximum Gasteiger partial charge on any atom is 0.248 e. The highest BCUT2D eigenvalue weighted by atomic mass is 19.3. The van der Waals surface area contributed by atoms with Gasteiger partial charge < -0.3 is 9.52 Å². The normalized spacial score (nSPS) is 24.8. The van der Waals surface area contributed by atoms with E-state index in [2.05, 4.69) is 0 Å². The van der Waals surface area contributed by atoms with Crippen molar-refractivity contribution in [1.82, 2.24) is 0 Å². The van der Waals surface area contributed by atoms with E-state index < -0.39 is 11.5 Å². The second-order valence-corrected chi connectivity index (χ2v) is 3.90. The molecule has 1 fully saturated rings. The second kappa shape index (κ2) is 3.05. The van der Waals surface area contributed by atoms with E-state index >= 15 is 0 Å². The molecular weight excluding hydrogens is 190 g/mol. The van der Waals surface area contributed by atoms with Crippen molar-refractivity contribution in [2.45, 2.75) is 37.2 Å². The van der Waals surface area contributed by atoms with Crippen LogP contribution in [0.25, 0.3) is 0 Å². The fourth-order valence-electron chi connectivity index (χ4n) is 1.85. The predicted molar refractivity (Wildman–Crippen MR) is 46.0 cm³/mol. The number of hydrogen-bond acceptors (Lipinski definition) is 2. The first kappa shape index (κ1) is 9.65. The Labute approximate surface area is 80.5 Å². The molecule has 0 aliphatic heterocycles. The third-order valence-electron chi connectivity index (χ3n) is 2.87. The van der Waals surface area contributed by atoms with Crippen LogP contribution < -0.4 is 0 Å². The van der Waals surface area contributed by atoms with Gasteiger partial charge >= 0.3 is 0 Å². The van der Waals surface area contributed by atoms with Gasteiger partial charge in [-0.1, -0.05) is 0 Å². The maximum atomic E-state index is 12.9. The topological polar surface area (TPSA) is 33.4 Å². The van der Waals surface area contributed by atoms with E-state index in [9.17, 15) is 13.9 Å². The van der Waals surface area contributed by atoms with Crippen LogP contribution in [0.2, 0.25) is 0 Å². The molecule has 2 rings (SSSR count). The lowest BCUT2D eigenvalue weighted by Crippen LogP contribution is -2.36. The lowest BCUT2D eigenvalue weighted by atomic mass is 9.79. The minimum absolute atomic E-state index is 0.0968. The second-order valence-electron chi connectivity index (χ2n) is 3.90. The van der Waals surface area contributed by atoms with Crippen LogP contribution in [0.15, 0.2) is 23.0 Å². The quantitative estimate of drug-likeness (QED) is 0.759. The average Bonchev–Trinajstić information content (AvgIpc) is 2.64. The third-order valence-corrected chi connectivity index (χ3v) is 2.87. The van der Waals surface area contributed by atoms with Gasteiger partial charge in [-0.3, -0.25) is 0 Å². The number of furan rings is 1. The number of halogens is 2. The SMILES string of the molecule is OC1(c2ccoc2)CCC(F)(F)CC1. The van der Waals surface area contributed by atoms with Gasteiger partial charge in [0.05, 0.1) is 18.1 Å². The van der Waals surface area contributed by atoms with Crippen molar-refractivity contribution in [3.8, 4) is 0 Å². The number of rotatable bonds is 1. The van der Waals surface area contributed by atoms with Crippen molar-refractivity contribution in [3.63, 3.8) is 0 Å². The fourth-order valence-corrected chi connectivity index (χ4v) is 1.85. The minimum Gasteiger partial charge on any atom is -0.472 e. The molecule has 1 aliphatic carbocycles. The van der Waals surface area contributed by atoms with Crippen molar-refractivity contribution >= 4 is 0 Å². The highest BCUT2D eigenvalue weighted by Crippen LogP contribution is 2.43. The summed E-state index contributed by atoms with van der Waals surface area (Å²) in [6.45, 7) is 0. The molecule has 0 radical (unpaired) electrons. The molecule has 1 aromatic heterocycles. The van der Waals surface area contributed by atoms with E-state index in [-0.39, 0.29) is 25.7 Å². The van der Waals surface area contributed by atoms with E-state index in [0.29, 0.717) is 5.56 Å². The highest BCUT2D eigenvalue weighted by Gasteiger charge is 2.43. The summed E-state index contributed by atoms with van der Waals surface area (Å²) in [6, 6.07) is 1.63. The van der Waals surface area contributed by atoms with E-state index in [1.54, 1.807) is 6.07 Å². The highest BCUT2D eigenvalue weighted by molar-refractivity contribution is 5.17. The fraction of sp³-hybridized carbons (Fsp3) is 0.600. The molecule has 78 valence electrons. The van der Waals surface area contributed by atoms with Crippen molar-refractivity contribution in [3.05, 3.63) is 24.2 Å². The largest absolute Gasteiger partial charge is 0.472 e. The summed E-state index contributed by atoms with van der Waals surface area (Å²) in [5.74, 6) is -2.62. The van der Waals surface area contributed by atoms with Gasteiger partial charge in [-0.05, 0) is 18.9 Å². The monoisotopic (exact) mass is 202 g/mol. The molecule has 0 saturated heterocycles. The lowest BCUT2D eigenvalue weighted by molar-refractivity contribution is -0.107. The standard InChI is InChI=1S/C10H12F2O2/c11-10(12)4-2-9(13,3-5-10)8-1-6-14-7-8/h1,6-7,13H,2-5H2. The summed E-state index contributed by atoms with van der Waals surface area (Å²) in [4.78, 5) is 0. The zero-order chi connectivity index (χ0) is 10.2. The molecule has 14 heavy (non-hydrogen) atoms. The molecular formula is C10H12F2O2. The zero-order valence-electron chi connectivity index (χ0n) is 7.67. The number of alkyl halides is 2. The molecule has 0 atom stereocenters. The summed E-state index contributed by atoms with van der Waals surface area (Å²) in [5.41, 5.74) is -0.512. The molecule has 1 saturated carbocycles. The molecule has 0 unspecified atom stereocenters. The molecule has 4 heteroatoms. The Morgan fingerprint density at radius 2 is 1.86 bits per heavy atom. The molecule has 1 aromatic rings. The van der Waals surface area contributed by atoms with Gasteiger partial charge in [-0.2, -0.15) is 0 Å². The summed E-state index contributed by atoms with van der Waals surface area (Å²) >= 11 is 0. The number of hydrogen-bond donors (Lipinski definition) is 1. The first-order valence-electron chi connectivity index (χ1n) is 4.65. The summed E-state index contributed by atoms with van der Waals surface area (Å²) in [6.07, 6.45) is 2.55. The van der Waals surface area contributed by atoms with Crippen LogP contribution in [-0.4, -0.2) is 11.0 Å². The van der Waals surface area contributed by atoms with Crippen LogP contribution in [0.5, 0.6) is 0 Å². The smallest absolute Gasteiger partial charge is 0.248 e. The van der Waals surface area contributed by atoms with Crippen molar-refractivity contribution in [1.29, 1.82) is 0 Å². The predicted octanol–water partition coefficient (Wildman–Crippen LogP) is 2.68. The van der Waals surface area contributed by atoms with Crippen LogP contribution in [0, 0.1) is 0 Å². The summed E-state index contributed by atoms with van der Waals surface area (Å²) < 4.78 is 30.5. The maximum absolute atomic E-state index is 12.9. The van der Waals surface area contributed by atoms with Crippen molar-refractivity contribution in [2.75, 3.05) is 0 Å². The summed E-state index contributed by atoms with van der Waals surface area (Å²) in [5, 5.41) is 10.1. The van der Waals surface area contributed by atoms with Crippen LogP contribution >= 0.6 is 0 Å². The van der Waals surface area contributed by atoms with E-state index in [4.69, 9.17) is 4.42 Å². The molecule has 2 nitrogen and oxygen atoms in total. The van der Waals surface area contributed by atoms with Gasteiger partial charge in [0.1, 0.15) is 0 Å². The molecule has 0 aromatic carbocycles. The number of aliphatic hydroxyl groups is 1. The van der Waals surface area contributed by atoms with Crippen LogP contribution in [0.3, 0.4) is 0 Å². The first-order valence-corrected chi connectivity index (χ1v) is 4.65. The van der Waals surface area contributed by atoms with Gasteiger partial charge in [0, 0.05) is 18.4 Å². The molecule has 0 bridgehead atoms. The first-order chi connectivity index (χ1) is 6.52. The van der Waals surface area contributed by atoms with E-state index in [1.165, 1.54) is 12.5 Å². The van der Waals surface area contributed by atoms with Crippen LogP contribution in [-0.2, 0) is 5.60 Å². The average molecular weight is 202 g/mol. The molecule has 1 heterocycles. The van der Waals surface area contributed by atoms with Gasteiger partial charge in [-0.15, -0.1) is 0 Å². The van der Waals surface area contributed by atoms with E-state index in [1.807, 2.05) is 0 Å². The Bertz CT molecular complexity index is 296. The van der Waals surface area contributed by atoms with Gasteiger partial charge in [0.25, 0.3) is 0 Å². The summed E-state index contributed by atoms with van der Waals surface area (Å²) in [7, 11) is 0. The molecule has 0 spiro atoms. The Balaban J connectivity index is 2.13. The molecule has 1 N–H and O–H groups in total.